The summed E-state index contributed by atoms with van der Waals surface area (Å²) in [5.74, 6) is 1.64. The fourth-order valence-corrected chi connectivity index (χ4v) is 3.28. The average Bonchev–Trinajstić information content (AvgIpc) is 2.59. The molecular formula is C21H24ClNO3. The third kappa shape index (κ3) is 4.92. The second-order valence-corrected chi connectivity index (χ2v) is 7.57. The highest BCUT2D eigenvalue weighted by atomic mass is 35.5. The van der Waals surface area contributed by atoms with E-state index < -0.39 is 0 Å². The predicted octanol–water partition coefficient (Wildman–Crippen LogP) is 4.92. The topological polar surface area (TPSA) is 47.6 Å². The van der Waals surface area contributed by atoms with Crippen molar-refractivity contribution in [1.82, 2.24) is 5.32 Å². The third-order valence-corrected chi connectivity index (χ3v) is 4.59. The Morgan fingerprint density at radius 3 is 2.73 bits per heavy atom. The second-order valence-electron chi connectivity index (χ2n) is 7.13. The summed E-state index contributed by atoms with van der Waals surface area (Å²) in [5.41, 5.74) is 0.738. The molecule has 0 radical (unpaired) electrons. The molecule has 0 fully saturated rings. The average molecular weight is 374 g/mol. The minimum absolute atomic E-state index is 0.0281. The Hall–Kier alpha value is -2.20. The fourth-order valence-electron chi connectivity index (χ4n) is 3.15. The molecule has 1 aliphatic heterocycles. The normalized spacial score (nSPS) is 17.7. The van der Waals surface area contributed by atoms with Crippen molar-refractivity contribution < 1.29 is 14.3 Å². The van der Waals surface area contributed by atoms with Crippen LogP contribution in [0.3, 0.4) is 0 Å². The van der Waals surface area contributed by atoms with Gasteiger partial charge < -0.3 is 14.8 Å². The lowest BCUT2D eigenvalue weighted by molar-refractivity contribution is -0.122. The minimum atomic E-state index is -0.302. The summed E-state index contributed by atoms with van der Waals surface area (Å²) in [5, 5.41) is 3.82. The van der Waals surface area contributed by atoms with Gasteiger partial charge in [0, 0.05) is 23.4 Å². The van der Waals surface area contributed by atoms with Gasteiger partial charge in [-0.3, -0.25) is 4.79 Å². The summed E-state index contributed by atoms with van der Waals surface area (Å²) < 4.78 is 11.6. The Kier molecular flexibility index (Phi) is 5.72. The molecule has 138 valence electrons. The van der Waals surface area contributed by atoms with Crippen molar-refractivity contribution in [3.8, 4) is 11.5 Å². The van der Waals surface area contributed by atoms with Crippen LogP contribution in [-0.4, -0.2) is 18.1 Å². The highest BCUT2D eigenvalue weighted by Crippen LogP contribution is 2.39. The first-order chi connectivity index (χ1) is 12.4. The number of halogens is 1. The Labute approximate surface area is 159 Å². The van der Waals surface area contributed by atoms with E-state index in [4.69, 9.17) is 21.1 Å². The molecule has 2 aromatic rings. The van der Waals surface area contributed by atoms with Gasteiger partial charge in [-0.15, -0.1) is 0 Å². The molecule has 5 heteroatoms. The number of rotatable bonds is 6. The number of ether oxygens (including phenoxy) is 2. The van der Waals surface area contributed by atoms with Gasteiger partial charge >= 0.3 is 0 Å². The number of para-hydroxylation sites is 1. The van der Waals surface area contributed by atoms with Gasteiger partial charge in [-0.1, -0.05) is 29.8 Å². The Balaban J connectivity index is 1.49. The number of amides is 1. The first-order valence-electron chi connectivity index (χ1n) is 8.89. The summed E-state index contributed by atoms with van der Waals surface area (Å²) in [4.78, 5) is 12.4. The Morgan fingerprint density at radius 2 is 1.96 bits per heavy atom. The van der Waals surface area contributed by atoms with Crippen molar-refractivity contribution >= 4 is 17.5 Å². The van der Waals surface area contributed by atoms with Crippen LogP contribution in [0, 0.1) is 0 Å². The standard InChI is InChI=1S/C21H24ClNO3/c1-21(2)14-18(17-6-3-4-7-19(17)26-21)23-20(24)8-5-13-25-16-11-9-15(22)10-12-16/h3-4,6-7,9-12,18H,5,8,13-14H2,1-2H3,(H,23,24)/t18-/m0/s1. The van der Waals surface area contributed by atoms with Crippen LogP contribution in [-0.2, 0) is 4.79 Å². The maximum Gasteiger partial charge on any atom is 0.220 e. The van der Waals surface area contributed by atoms with Crippen LogP contribution in [0.15, 0.2) is 48.5 Å². The van der Waals surface area contributed by atoms with E-state index in [0.29, 0.717) is 24.5 Å². The van der Waals surface area contributed by atoms with Crippen LogP contribution in [0.1, 0.15) is 44.7 Å². The summed E-state index contributed by atoms with van der Waals surface area (Å²) in [6.07, 6.45) is 1.83. The maximum absolute atomic E-state index is 12.4. The van der Waals surface area contributed by atoms with E-state index in [1.54, 1.807) is 12.1 Å². The first-order valence-corrected chi connectivity index (χ1v) is 9.26. The quantitative estimate of drug-likeness (QED) is 0.731. The first kappa shape index (κ1) is 18.6. The van der Waals surface area contributed by atoms with Crippen LogP contribution in [0.4, 0.5) is 0 Å². The summed E-state index contributed by atoms with van der Waals surface area (Å²) in [7, 11) is 0. The molecule has 2 aromatic carbocycles. The molecule has 0 saturated heterocycles. The highest BCUT2D eigenvalue weighted by molar-refractivity contribution is 6.30. The van der Waals surface area contributed by atoms with Crippen molar-refractivity contribution in [1.29, 1.82) is 0 Å². The Morgan fingerprint density at radius 1 is 1.23 bits per heavy atom. The van der Waals surface area contributed by atoms with E-state index in [2.05, 4.69) is 5.32 Å². The van der Waals surface area contributed by atoms with Gasteiger partial charge in [-0.05, 0) is 50.6 Å². The molecule has 0 aliphatic carbocycles. The van der Waals surface area contributed by atoms with E-state index >= 15 is 0 Å². The highest BCUT2D eigenvalue weighted by Gasteiger charge is 2.34. The van der Waals surface area contributed by atoms with Crippen molar-refractivity contribution in [2.75, 3.05) is 6.61 Å². The van der Waals surface area contributed by atoms with Crippen LogP contribution >= 0.6 is 11.6 Å². The number of hydrogen-bond acceptors (Lipinski definition) is 3. The van der Waals surface area contributed by atoms with E-state index in [9.17, 15) is 4.79 Å². The van der Waals surface area contributed by atoms with Crippen molar-refractivity contribution in [2.24, 2.45) is 0 Å². The van der Waals surface area contributed by atoms with Crippen LogP contribution in [0.25, 0.3) is 0 Å². The predicted molar refractivity (Wildman–Crippen MR) is 103 cm³/mol. The van der Waals surface area contributed by atoms with Crippen molar-refractivity contribution in [2.45, 2.75) is 44.8 Å². The Bertz CT molecular complexity index is 758. The van der Waals surface area contributed by atoms with Gasteiger partial charge in [-0.2, -0.15) is 0 Å². The number of fused-ring (bicyclic) bond motifs is 1. The molecular weight excluding hydrogens is 350 g/mol. The number of hydrogen-bond donors (Lipinski definition) is 1. The van der Waals surface area contributed by atoms with E-state index in [-0.39, 0.29) is 17.6 Å². The largest absolute Gasteiger partial charge is 0.494 e. The second kappa shape index (κ2) is 8.00. The molecule has 1 amide bonds. The summed E-state index contributed by atoms with van der Waals surface area (Å²) >= 11 is 5.85. The number of carbonyl (C=O) groups is 1. The third-order valence-electron chi connectivity index (χ3n) is 4.34. The lowest BCUT2D eigenvalue weighted by Gasteiger charge is -2.37. The van der Waals surface area contributed by atoms with Crippen molar-refractivity contribution in [3.63, 3.8) is 0 Å². The zero-order valence-electron chi connectivity index (χ0n) is 15.1. The van der Waals surface area contributed by atoms with Gasteiger partial charge in [0.1, 0.15) is 17.1 Å². The van der Waals surface area contributed by atoms with Gasteiger partial charge in [0.05, 0.1) is 12.6 Å². The number of carbonyl (C=O) groups excluding carboxylic acids is 1. The smallest absolute Gasteiger partial charge is 0.220 e. The van der Waals surface area contributed by atoms with Crippen LogP contribution < -0.4 is 14.8 Å². The fraction of sp³-hybridized carbons (Fsp3) is 0.381. The zero-order valence-corrected chi connectivity index (χ0v) is 15.9. The van der Waals surface area contributed by atoms with Gasteiger partial charge in [0.25, 0.3) is 0 Å². The molecule has 0 bridgehead atoms. The molecule has 4 nitrogen and oxygen atoms in total. The van der Waals surface area contributed by atoms with Crippen LogP contribution in [0.5, 0.6) is 11.5 Å². The lowest BCUT2D eigenvalue weighted by Crippen LogP contribution is -2.41. The van der Waals surface area contributed by atoms with Gasteiger partial charge in [-0.25, -0.2) is 0 Å². The monoisotopic (exact) mass is 373 g/mol. The zero-order chi connectivity index (χ0) is 18.6. The molecule has 0 saturated carbocycles. The molecule has 26 heavy (non-hydrogen) atoms. The molecule has 1 N–H and O–H groups in total. The minimum Gasteiger partial charge on any atom is -0.494 e. The van der Waals surface area contributed by atoms with Gasteiger partial charge in [0.15, 0.2) is 0 Å². The SMILES string of the molecule is CC1(C)C[C@H](NC(=O)CCCOc2ccc(Cl)cc2)c2ccccc2O1. The summed E-state index contributed by atoms with van der Waals surface area (Å²) in [6.45, 7) is 4.58. The molecule has 1 aliphatic rings. The molecule has 0 spiro atoms. The maximum atomic E-state index is 12.4. The number of nitrogens with one attached hydrogen (secondary N) is 1. The van der Waals surface area contributed by atoms with E-state index in [1.807, 2.05) is 50.2 Å². The molecule has 1 atom stereocenters. The summed E-state index contributed by atoms with van der Waals surface area (Å²) in [6, 6.07) is 15.1. The lowest BCUT2D eigenvalue weighted by atomic mass is 9.89. The molecule has 3 rings (SSSR count). The van der Waals surface area contributed by atoms with Crippen LogP contribution in [0.2, 0.25) is 5.02 Å². The van der Waals surface area contributed by atoms with Gasteiger partial charge in [0.2, 0.25) is 5.91 Å². The van der Waals surface area contributed by atoms with E-state index in [0.717, 1.165) is 23.5 Å². The number of benzene rings is 2. The molecule has 1 heterocycles. The van der Waals surface area contributed by atoms with E-state index in [1.165, 1.54) is 0 Å². The molecule has 0 aromatic heterocycles. The van der Waals surface area contributed by atoms with Crippen molar-refractivity contribution in [3.05, 3.63) is 59.1 Å². The molecule has 0 unspecified atom stereocenters.